The van der Waals surface area contributed by atoms with Crippen LogP contribution in [0.15, 0.2) is 4.42 Å². The first-order valence-corrected chi connectivity index (χ1v) is 3.34. The second kappa shape index (κ2) is 3.28. The largest absolute Gasteiger partial charge is 0.409 e. The molecule has 0 aliphatic rings. The molecule has 1 aromatic rings. The van der Waals surface area contributed by atoms with Gasteiger partial charge < -0.3 is 10.2 Å². The van der Waals surface area contributed by atoms with E-state index in [0.717, 1.165) is 0 Å². The number of halogens is 6. The Labute approximate surface area is 78.1 Å². The summed E-state index contributed by atoms with van der Waals surface area (Å²) in [6.45, 7) is 0. The Balaban J connectivity index is 3.14. The molecule has 1 heterocycles. The fourth-order valence-electron chi connectivity index (χ4n) is 0.829. The number of nitrogen functional groups attached to an aromatic ring is 1. The van der Waals surface area contributed by atoms with Crippen LogP contribution >= 0.6 is 0 Å². The Morgan fingerprint density at radius 1 is 1.00 bits per heavy atom. The highest BCUT2D eigenvalue weighted by atomic mass is 19.4. The van der Waals surface area contributed by atoms with Gasteiger partial charge in [-0.3, -0.25) is 0 Å². The molecule has 0 spiro atoms. The zero-order valence-corrected chi connectivity index (χ0v) is 6.73. The molecule has 0 fully saturated rings. The molecule has 0 radical (unpaired) electrons. The first kappa shape index (κ1) is 11.6. The minimum absolute atomic E-state index is 0.858. The van der Waals surface area contributed by atoms with E-state index in [9.17, 15) is 26.3 Å². The molecule has 1 rings (SSSR count). The Morgan fingerprint density at radius 2 is 1.47 bits per heavy atom. The first-order valence-electron chi connectivity index (χ1n) is 3.34. The van der Waals surface area contributed by atoms with Crippen molar-refractivity contribution in [1.82, 2.24) is 10.2 Å². The van der Waals surface area contributed by atoms with E-state index in [4.69, 9.17) is 5.73 Å². The van der Waals surface area contributed by atoms with Crippen LogP contribution < -0.4 is 5.73 Å². The van der Waals surface area contributed by atoms with Crippen LogP contribution in [-0.4, -0.2) is 22.5 Å². The molecule has 0 saturated carbocycles. The summed E-state index contributed by atoms with van der Waals surface area (Å²) in [5.41, 5.74) is 4.73. The highest BCUT2D eigenvalue weighted by Crippen LogP contribution is 2.45. The smallest absolute Gasteiger partial charge is 0.407 e. The van der Waals surface area contributed by atoms with E-state index in [0.29, 0.717) is 0 Å². The van der Waals surface area contributed by atoms with E-state index in [1.807, 2.05) is 0 Å². The second-order valence-electron chi connectivity index (χ2n) is 2.49. The third kappa shape index (κ3) is 2.50. The summed E-state index contributed by atoms with van der Waals surface area (Å²) in [5, 5.41) is 5.29. The fourth-order valence-corrected chi connectivity index (χ4v) is 0.829. The number of hydrogen-bond acceptors (Lipinski definition) is 4. The Hall–Kier alpha value is -1.48. The molecular weight excluding hydrogens is 232 g/mol. The summed E-state index contributed by atoms with van der Waals surface area (Å²) in [7, 11) is 0. The standard InChI is InChI=1S/C5H3F6N3O/c6-4(7,8)1(5(9,10)11)2-13-14-3(12)15-2/h1H,(H2,12,14). The summed E-state index contributed by atoms with van der Waals surface area (Å²) >= 11 is 0. The van der Waals surface area contributed by atoms with Crippen molar-refractivity contribution >= 4 is 6.01 Å². The monoisotopic (exact) mass is 235 g/mol. The highest BCUT2D eigenvalue weighted by molar-refractivity contribution is 5.09. The molecule has 0 aromatic carbocycles. The van der Waals surface area contributed by atoms with Crippen molar-refractivity contribution in [1.29, 1.82) is 0 Å². The predicted octanol–water partition coefficient (Wildman–Crippen LogP) is 1.86. The van der Waals surface area contributed by atoms with Gasteiger partial charge in [-0.25, -0.2) is 0 Å². The van der Waals surface area contributed by atoms with Gasteiger partial charge in [-0.2, -0.15) is 26.3 Å². The molecule has 10 heteroatoms. The molecule has 0 aliphatic carbocycles. The lowest BCUT2D eigenvalue weighted by molar-refractivity contribution is -0.258. The van der Waals surface area contributed by atoms with E-state index in [1.165, 1.54) is 0 Å². The molecule has 86 valence electrons. The number of rotatable bonds is 1. The number of nitrogens with two attached hydrogens (primary N) is 1. The van der Waals surface area contributed by atoms with Gasteiger partial charge in [-0.1, -0.05) is 5.10 Å². The van der Waals surface area contributed by atoms with Crippen molar-refractivity contribution in [2.24, 2.45) is 0 Å². The third-order valence-electron chi connectivity index (χ3n) is 1.36. The van der Waals surface area contributed by atoms with Gasteiger partial charge in [0.15, 0.2) is 0 Å². The molecule has 0 atom stereocenters. The predicted molar refractivity (Wildman–Crippen MR) is 33.6 cm³/mol. The summed E-state index contributed by atoms with van der Waals surface area (Å²) < 4.78 is 76.0. The number of nitrogens with zero attached hydrogens (tertiary/aromatic N) is 2. The van der Waals surface area contributed by atoms with Crippen LogP contribution in [0.5, 0.6) is 0 Å². The molecule has 15 heavy (non-hydrogen) atoms. The maximum Gasteiger partial charge on any atom is 0.409 e. The zero-order valence-electron chi connectivity index (χ0n) is 6.73. The van der Waals surface area contributed by atoms with Crippen molar-refractivity contribution in [3.05, 3.63) is 5.89 Å². The number of anilines is 1. The van der Waals surface area contributed by atoms with Crippen LogP contribution in [0.2, 0.25) is 0 Å². The average molecular weight is 235 g/mol. The summed E-state index contributed by atoms with van der Waals surface area (Å²) in [6, 6.07) is -0.858. The Kier molecular flexibility index (Phi) is 2.53. The van der Waals surface area contributed by atoms with Crippen molar-refractivity contribution in [2.75, 3.05) is 5.73 Å². The molecule has 0 amide bonds. The summed E-state index contributed by atoms with van der Waals surface area (Å²) in [6.07, 6.45) is -11.1. The minimum atomic E-state index is -5.56. The van der Waals surface area contributed by atoms with Crippen LogP contribution in [-0.2, 0) is 0 Å². The van der Waals surface area contributed by atoms with Gasteiger partial charge in [-0.05, 0) is 0 Å². The average Bonchev–Trinajstić information content (AvgIpc) is 2.28. The number of aromatic nitrogens is 2. The van der Waals surface area contributed by atoms with Crippen LogP contribution in [0.25, 0.3) is 0 Å². The van der Waals surface area contributed by atoms with Gasteiger partial charge in [0.1, 0.15) is 0 Å². The van der Waals surface area contributed by atoms with Gasteiger partial charge in [0, 0.05) is 0 Å². The third-order valence-corrected chi connectivity index (χ3v) is 1.36. The molecule has 0 unspecified atom stereocenters. The lowest BCUT2D eigenvalue weighted by Crippen LogP contribution is -2.34. The second-order valence-corrected chi connectivity index (χ2v) is 2.49. The van der Waals surface area contributed by atoms with Crippen LogP contribution in [0.3, 0.4) is 0 Å². The number of alkyl halides is 6. The van der Waals surface area contributed by atoms with Gasteiger partial charge in [-0.15, -0.1) is 5.10 Å². The SMILES string of the molecule is Nc1nnc(C(C(F)(F)F)C(F)(F)F)o1. The van der Waals surface area contributed by atoms with E-state index in [2.05, 4.69) is 14.6 Å². The van der Waals surface area contributed by atoms with E-state index in [-0.39, 0.29) is 0 Å². The van der Waals surface area contributed by atoms with Gasteiger partial charge in [0.05, 0.1) is 0 Å². The lowest BCUT2D eigenvalue weighted by Gasteiger charge is -2.19. The molecule has 4 nitrogen and oxygen atoms in total. The molecule has 0 aliphatic heterocycles. The molecule has 2 N–H and O–H groups in total. The summed E-state index contributed by atoms with van der Waals surface area (Å²) in [5.74, 6) is -5.43. The minimum Gasteiger partial charge on any atom is -0.407 e. The fraction of sp³-hybridized carbons (Fsp3) is 0.600. The van der Waals surface area contributed by atoms with E-state index < -0.39 is 30.2 Å². The topological polar surface area (TPSA) is 64.9 Å². The van der Waals surface area contributed by atoms with Gasteiger partial charge >= 0.3 is 18.4 Å². The van der Waals surface area contributed by atoms with E-state index in [1.54, 1.807) is 0 Å². The first-order chi connectivity index (χ1) is 6.62. The molecule has 1 aromatic heterocycles. The number of hydrogen-bond donors (Lipinski definition) is 1. The normalized spacial score (nSPS) is 13.5. The van der Waals surface area contributed by atoms with Gasteiger partial charge in [0.2, 0.25) is 11.8 Å². The van der Waals surface area contributed by atoms with Crippen LogP contribution in [0.4, 0.5) is 32.4 Å². The zero-order chi connectivity index (χ0) is 11.9. The highest BCUT2D eigenvalue weighted by Gasteiger charge is 2.60. The quantitative estimate of drug-likeness (QED) is 0.754. The van der Waals surface area contributed by atoms with Crippen molar-refractivity contribution in [3.63, 3.8) is 0 Å². The van der Waals surface area contributed by atoms with E-state index >= 15 is 0 Å². The van der Waals surface area contributed by atoms with Crippen LogP contribution in [0, 0.1) is 0 Å². The molecule has 0 bridgehead atoms. The van der Waals surface area contributed by atoms with Crippen LogP contribution in [0.1, 0.15) is 11.8 Å². The summed E-state index contributed by atoms with van der Waals surface area (Å²) in [4.78, 5) is 0. The van der Waals surface area contributed by atoms with Crippen molar-refractivity contribution in [3.8, 4) is 0 Å². The molecular formula is C5H3F6N3O. The van der Waals surface area contributed by atoms with Crippen molar-refractivity contribution in [2.45, 2.75) is 18.3 Å². The van der Waals surface area contributed by atoms with Gasteiger partial charge in [0.25, 0.3) is 0 Å². The Bertz CT molecular complexity index is 327. The molecule has 0 saturated heterocycles. The maximum atomic E-state index is 12.0. The van der Waals surface area contributed by atoms with Crippen molar-refractivity contribution < 1.29 is 30.8 Å². The maximum absolute atomic E-state index is 12.0. The Morgan fingerprint density at radius 3 is 1.73 bits per heavy atom. The lowest BCUT2D eigenvalue weighted by atomic mass is 10.1.